The van der Waals surface area contributed by atoms with Crippen LogP contribution in [0.25, 0.3) is 0 Å². The number of piperazine rings is 1. The second-order valence-electron chi connectivity index (χ2n) is 8.76. The fourth-order valence-corrected chi connectivity index (χ4v) is 4.55. The van der Waals surface area contributed by atoms with Gasteiger partial charge in [0.15, 0.2) is 0 Å². The van der Waals surface area contributed by atoms with Gasteiger partial charge in [-0.2, -0.15) is 5.10 Å². The molecule has 0 spiro atoms. The van der Waals surface area contributed by atoms with Gasteiger partial charge in [0.05, 0.1) is 25.4 Å². The summed E-state index contributed by atoms with van der Waals surface area (Å²) in [4.78, 5) is 18.1. The SMILES string of the molecule is CCN1CCN(CC(=O)N2N=C(c3ccc(C)c(C)c3)C[C@H]2c2ccccc2OC)CC1. The second kappa shape index (κ2) is 9.84. The third-order valence-electron chi connectivity index (χ3n) is 6.77. The summed E-state index contributed by atoms with van der Waals surface area (Å²) in [6.45, 7) is 11.7. The number of carbonyl (C=O) groups excluding carboxylic acids is 1. The molecule has 6 heteroatoms. The number of amides is 1. The molecular weight excluding hydrogens is 400 g/mol. The van der Waals surface area contributed by atoms with Gasteiger partial charge in [-0.05, 0) is 49.2 Å². The molecule has 0 aliphatic carbocycles. The van der Waals surface area contributed by atoms with Crippen LogP contribution in [-0.4, -0.2) is 72.8 Å². The Kier molecular flexibility index (Phi) is 6.92. The first-order chi connectivity index (χ1) is 15.5. The summed E-state index contributed by atoms with van der Waals surface area (Å²) < 4.78 is 5.63. The molecule has 2 aromatic rings. The van der Waals surface area contributed by atoms with E-state index in [1.54, 1.807) is 12.1 Å². The Morgan fingerprint density at radius 2 is 1.75 bits per heavy atom. The maximum atomic E-state index is 13.5. The van der Waals surface area contributed by atoms with Gasteiger partial charge in [-0.1, -0.05) is 37.3 Å². The van der Waals surface area contributed by atoms with Crippen molar-refractivity contribution in [3.63, 3.8) is 0 Å². The van der Waals surface area contributed by atoms with Crippen molar-refractivity contribution in [2.45, 2.75) is 33.2 Å². The predicted octanol–water partition coefficient (Wildman–Crippen LogP) is 3.63. The first kappa shape index (κ1) is 22.5. The van der Waals surface area contributed by atoms with E-state index in [4.69, 9.17) is 9.84 Å². The van der Waals surface area contributed by atoms with Gasteiger partial charge < -0.3 is 9.64 Å². The van der Waals surface area contributed by atoms with E-state index >= 15 is 0 Å². The molecule has 1 fully saturated rings. The van der Waals surface area contributed by atoms with Crippen molar-refractivity contribution in [1.29, 1.82) is 0 Å². The minimum Gasteiger partial charge on any atom is -0.496 e. The van der Waals surface area contributed by atoms with E-state index in [2.05, 4.69) is 48.8 Å². The Morgan fingerprint density at radius 3 is 2.44 bits per heavy atom. The summed E-state index contributed by atoms with van der Waals surface area (Å²) in [5, 5.41) is 6.57. The van der Waals surface area contributed by atoms with Crippen molar-refractivity contribution < 1.29 is 9.53 Å². The van der Waals surface area contributed by atoms with Gasteiger partial charge in [0.2, 0.25) is 0 Å². The zero-order valence-electron chi connectivity index (χ0n) is 19.7. The molecule has 0 radical (unpaired) electrons. The van der Waals surface area contributed by atoms with Crippen molar-refractivity contribution in [2.75, 3.05) is 46.4 Å². The van der Waals surface area contributed by atoms with Crippen molar-refractivity contribution in [1.82, 2.24) is 14.8 Å². The number of ether oxygens (including phenoxy) is 1. The van der Waals surface area contributed by atoms with E-state index in [0.29, 0.717) is 13.0 Å². The first-order valence-electron chi connectivity index (χ1n) is 11.5. The Morgan fingerprint density at radius 1 is 1.03 bits per heavy atom. The van der Waals surface area contributed by atoms with E-state index in [1.807, 2.05) is 24.3 Å². The molecule has 4 rings (SSSR count). The number of carbonyl (C=O) groups is 1. The third kappa shape index (κ3) is 4.71. The molecule has 1 atom stereocenters. The van der Waals surface area contributed by atoms with Gasteiger partial charge in [-0.25, -0.2) is 5.01 Å². The average molecular weight is 435 g/mol. The molecule has 170 valence electrons. The maximum absolute atomic E-state index is 13.5. The molecule has 2 aliphatic rings. The molecule has 0 saturated carbocycles. The van der Waals surface area contributed by atoms with Gasteiger partial charge in [-0.3, -0.25) is 9.69 Å². The average Bonchev–Trinajstić information content (AvgIpc) is 3.27. The number of hydrazone groups is 1. The van der Waals surface area contributed by atoms with E-state index in [-0.39, 0.29) is 11.9 Å². The molecule has 2 heterocycles. The van der Waals surface area contributed by atoms with Gasteiger partial charge >= 0.3 is 0 Å². The van der Waals surface area contributed by atoms with Crippen molar-refractivity contribution in [3.05, 3.63) is 64.7 Å². The molecule has 2 aromatic carbocycles. The second-order valence-corrected chi connectivity index (χ2v) is 8.76. The number of likely N-dealkylation sites (N-methyl/N-ethyl adjacent to an activating group) is 1. The highest BCUT2D eigenvalue weighted by atomic mass is 16.5. The lowest BCUT2D eigenvalue weighted by molar-refractivity contribution is -0.134. The fraction of sp³-hybridized carbons (Fsp3) is 0.462. The van der Waals surface area contributed by atoms with Crippen LogP contribution in [0.4, 0.5) is 0 Å². The van der Waals surface area contributed by atoms with E-state index in [0.717, 1.165) is 55.3 Å². The molecule has 0 N–H and O–H groups in total. The summed E-state index contributed by atoms with van der Waals surface area (Å²) in [6.07, 6.45) is 0.679. The van der Waals surface area contributed by atoms with Crippen LogP contribution in [-0.2, 0) is 4.79 Å². The van der Waals surface area contributed by atoms with Crippen LogP contribution in [0.15, 0.2) is 47.6 Å². The summed E-state index contributed by atoms with van der Waals surface area (Å²) >= 11 is 0. The molecule has 1 amide bonds. The monoisotopic (exact) mass is 434 g/mol. The van der Waals surface area contributed by atoms with Crippen molar-refractivity contribution in [3.8, 4) is 5.75 Å². The zero-order valence-corrected chi connectivity index (χ0v) is 19.7. The van der Waals surface area contributed by atoms with Crippen molar-refractivity contribution >= 4 is 11.6 Å². The van der Waals surface area contributed by atoms with E-state index in [1.165, 1.54) is 11.1 Å². The molecule has 2 aliphatic heterocycles. The predicted molar refractivity (Wildman–Crippen MR) is 128 cm³/mol. The molecule has 6 nitrogen and oxygen atoms in total. The lowest BCUT2D eigenvalue weighted by Crippen LogP contribution is -2.49. The van der Waals surface area contributed by atoms with Crippen LogP contribution >= 0.6 is 0 Å². The smallest absolute Gasteiger partial charge is 0.257 e. The molecule has 0 aromatic heterocycles. The summed E-state index contributed by atoms with van der Waals surface area (Å²) in [6, 6.07) is 14.2. The van der Waals surface area contributed by atoms with Crippen LogP contribution in [0.3, 0.4) is 0 Å². The molecule has 0 unspecified atom stereocenters. The fourth-order valence-electron chi connectivity index (χ4n) is 4.55. The maximum Gasteiger partial charge on any atom is 0.257 e. The highest BCUT2D eigenvalue weighted by Gasteiger charge is 2.35. The van der Waals surface area contributed by atoms with E-state index in [9.17, 15) is 4.79 Å². The van der Waals surface area contributed by atoms with Crippen LogP contribution in [0.1, 0.15) is 41.6 Å². The minimum absolute atomic E-state index is 0.0460. The van der Waals surface area contributed by atoms with Gasteiger partial charge in [0.25, 0.3) is 5.91 Å². The first-order valence-corrected chi connectivity index (χ1v) is 11.5. The topological polar surface area (TPSA) is 48.4 Å². The highest BCUT2D eigenvalue weighted by Crippen LogP contribution is 2.37. The van der Waals surface area contributed by atoms with E-state index < -0.39 is 0 Å². The lowest BCUT2D eigenvalue weighted by atomic mass is 9.96. The van der Waals surface area contributed by atoms with Gasteiger partial charge in [0, 0.05) is 38.2 Å². The highest BCUT2D eigenvalue weighted by molar-refractivity contribution is 6.03. The Bertz CT molecular complexity index is 995. The number of para-hydroxylation sites is 1. The number of aryl methyl sites for hydroxylation is 2. The number of hydrogen-bond acceptors (Lipinski definition) is 5. The largest absolute Gasteiger partial charge is 0.496 e. The van der Waals surface area contributed by atoms with Crippen LogP contribution in [0.2, 0.25) is 0 Å². The number of benzene rings is 2. The van der Waals surface area contributed by atoms with Gasteiger partial charge in [-0.15, -0.1) is 0 Å². The number of methoxy groups -OCH3 is 1. The van der Waals surface area contributed by atoms with Crippen molar-refractivity contribution in [2.24, 2.45) is 5.10 Å². The quantitative estimate of drug-likeness (QED) is 0.697. The van der Waals surface area contributed by atoms with Crippen LogP contribution < -0.4 is 4.74 Å². The van der Waals surface area contributed by atoms with Gasteiger partial charge in [0.1, 0.15) is 5.75 Å². The normalized spacial score (nSPS) is 19.8. The third-order valence-corrected chi connectivity index (χ3v) is 6.77. The Labute approximate surface area is 191 Å². The number of rotatable bonds is 6. The molecule has 0 bridgehead atoms. The summed E-state index contributed by atoms with van der Waals surface area (Å²) in [5.41, 5.74) is 5.53. The number of nitrogens with zero attached hydrogens (tertiary/aromatic N) is 4. The molecule has 32 heavy (non-hydrogen) atoms. The minimum atomic E-state index is -0.160. The van der Waals surface area contributed by atoms with Crippen LogP contribution in [0.5, 0.6) is 5.75 Å². The summed E-state index contributed by atoms with van der Waals surface area (Å²) in [5.74, 6) is 0.841. The van der Waals surface area contributed by atoms with Crippen LogP contribution in [0, 0.1) is 13.8 Å². The Balaban J connectivity index is 1.60. The Hall–Kier alpha value is -2.70. The summed E-state index contributed by atoms with van der Waals surface area (Å²) in [7, 11) is 1.68. The standard InChI is InChI=1S/C26H34N4O2/c1-5-28-12-14-29(15-13-28)18-26(31)30-24(22-8-6-7-9-25(22)32-4)17-23(27-30)21-11-10-19(2)20(3)16-21/h6-11,16,24H,5,12-15,17-18H2,1-4H3/t24-/m0/s1. The lowest BCUT2D eigenvalue weighted by Gasteiger charge is -2.34. The molecule has 1 saturated heterocycles. The zero-order chi connectivity index (χ0) is 22.7. The number of hydrogen-bond donors (Lipinski definition) is 0. The molecular formula is C26H34N4O2.